The van der Waals surface area contributed by atoms with Gasteiger partial charge in [0, 0.05) is 6.07 Å². The first kappa shape index (κ1) is 14.1. The number of aliphatic hydroxyl groups excluding tert-OH is 1. The van der Waals surface area contributed by atoms with Gasteiger partial charge in [-0.1, -0.05) is 18.2 Å². The number of aliphatic hydroxyl groups is 1. The largest absolute Gasteiger partial charge is 0.394 e. The Balaban J connectivity index is 2.18. The molecule has 0 saturated carbocycles. The number of hydrogen-bond donors (Lipinski definition) is 3. The Morgan fingerprint density at radius 2 is 2.15 bits per heavy atom. The molecular formula is C14H18N4O2. The zero-order valence-corrected chi connectivity index (χ0v) is 11.5. The van der Waals surface area contributed by atoms with Crippen molar-refractivity contribution in [1.29, 1.82) is 0 Å². The summed E-state index contributed by atoms with van der Waals surface area (Å²) in [5, 5.41) is 18.5. The molecule has 20 heavy (non-hydrogen) atoms. The van der Waals surface area contributed by atoms with E-state index in [9.17, 15) is 4.79 Å². The van der Waals surface area contributed by atoms with E-state index in [1.165, 1.54) is 0 Å². The number of carbonyl (C=O) groups excluding carboxylic acids is 1. The van der Waals surface area contributed by atoms with Crippen LogP contribution in [0.15, 0.2) is 36.5 Å². The summed E-state index contributed by atoms with van der Waals surface area (Å²) in [5.74, 6) is 0.571. The normalized spacial score (nSPS) is 11.9. The lowest BCUT2D eigenvalue weighted by molar-refractivity contribution is 0.229. The first-order valence-electron chi connectivity index (χ1n) is 6.40. The number of benzene rings is 1. The lowest BCUT2D eigenvalue weighted by Gasteiger charge is -2.14. The molecule has 0 fully saturated rings. The van der Waals surface area contributed by atoms with Gasteiger partial charge in [-0.15, -0.1) is 0 Å². The maximum atomic E-state index is 11.8. The molecule has 6 heteroatoms. The van der Waals surface area contributed by atoms with Crippen LogP contribution < -0.4 is 10.6 Å². The van der Waals surface area contributed by atoms with Gasteiger partial charge in [-0.25, -0.2) is 9.48 Å². The number of nitrogens with one attached hydrogen (secondary N) is 2. The van der Waals surface area contributed by atoms with Crippen molar-refractivity contribution in [2.45, 2.75) is 19.9 Å². The number of para-hydroxylation sites is 1. The molecular weight excluding hydrogens is 256 g/mol. The number of aryl methyl sites for hydroxylation is 1. The summed E-state index contributed by atoms with van der Waals surface area (Å²) >= 11 is 0. The summed E-state index contributed by atoms with van der Waals surface area (Å²) in [6, 6.07) is 8.82. The topological polar surface area (TPSA) is 79.2 Å². The lowest BCUT2D eigenvalue weighted by atomic mass is 10.2. The molecule has 6 nitrogen and oxygen atoms in total. The average Bonchev–Trinajstić information content (AvgIpc) is 2.87. The molecule has 3 N–H and O–H groups in total. The second-order valence-electron chi connectivity index (χ2n) is 4.60. The molecule has 1 heterocycles. The number of hydrogen-bond acceptors (Lipinski definition) is 3. The van der Waals surface area contributed by atoms with Crippen LogP contribution in [0.25, 0.3) is 5.69 Å². The lowest BCUT2D eigenvalue weighted by Crippen LogP contribution is -2.38. The summed E-state index contributed by atoms with van der Waals surface area (Å²) in [5.41, 5.74) is 1.96. The molecule has 0 radical (unpaired) electrons. The number of rotatable bonds is 4. The van der Waals surface area contributed by atoms with Crippen molar-refractivity contribution in [2.24, 2.45) is 0 Å². The predicted octanol–water partition coefficient (Wildman–Crippen LogP) is 1.68. The fourth-order valence-corrected chi connectivity index (χ4v) is 1.81. The molecule has 0 saturated heterocycles. The Labute approximate surface area is 117 Å². The van der Waals surface area contributed by atoms with Gasteiger partial charge in [0.15, 0.2) is 0 Å². The third kappa shape index (κ3) is 3.16. The number of aromatic nitrogens is 2. The Morgan fingerprint density at radius 1 is 1.40 bits per heavy atom. The Bertz CT molecular complexity index is 594. The van der Waals surface area contributed by atoms with Crippen LogP contribution in [0.5, 0.6) is 0 Å². The fourth-order valence-electron chi connectivity index (χ4n) is 1.81. The Morgan fingerprint density at radius 3 is 2.85 bits per heavy atom. The van der Waals surface area contributed by atoms with Gasteiger partial charge < -0.3 is 10.4 Å². The molecule has 0 bridgehead atoms. The second kappa shape index (κ2) is 6.21. The SMILES string of the molecule is Cc1ccccc1-n1nccc1NC(=O)N[C@@H](C)CO. The summed E-state index contributed by atoms with van der Waals surface area (Å²) in [7, 11) is 0. The van der Waals surface area contributed by atoms with Gasteiger partial charge in [-0.3, -0.25) is 5.32 Å². The van der Waals surface area contributed by atoms with Crippen LogP contribution in [-0.4, -0.2) is 33.6 Å². The van der Waals surface area contributed by atoms with E-state index in [4.69, 9.17) is 5.11 Å². The Hall–Kier alpha value is -2.34. The minimum Gasteiger partial charge on any atom is -0.394 e. The van der Waals surface area contributed by atoms with Crippen LogP contribution in [0.4, 0.5) is 10.6 Å². The number of urea groups is 1. The second-order valence-corrected chi connectivity index (χ2v) is 4.60. The highest BCUT2D eigenvalue weighted by molar-refractivity contribution is 5.88. The van der Waals surface area contributed by atoms with E-state index in [0.717, 1.165) is 11.3 Å². The van der Waals surface area contributed by atoms with Crippen molar-refractivity contribution in [2.75, 3.05) is 11.9 Å². The van der Waals surface area contributed by atoms with Gasteiger partial charge >= 0.3 is 6.03 Å². The quantitative estimate of drug-likeness (QED) is 0.793. The molecule has 0 aliphatic heterocycles. The van der Waals surface area contributed by atoms with Gasteiger partial charge in [0.05, 0.1) is 24.5 Å². The highest BCUT2D eigenvalue weighted by Crippen LogP contribution is 2.17. The van der Waals surface area contributed by atoms with E-state index in [2.05, 4.69) is 15.7 Å². The van der Waals surface area contributed by atoms with Crippen molar-refractivity contribution in [3.63, 3.8) is 0 Å². The van der Waals surface area contributed by atoms with E-state index in [-0.39, 0.29) is 18.7 Å². The van der Waals surface area contributed by atoms with Gasteiger partial charge in [-0.2, -0.15) is 5.10 Å². The van der Waals surface area contributed by atoms with E-state index >= 15 is 0 Å². The van der Waals surface area contributed by atoms with E-state index in [1.807, 2.05) is 31.2 Å². The summed E-state index contributed by atoms with van der Waals surface area (Å²) in [6.07, 6.45) is 1.62. The van der Waals surface area contributed by atoms with Crippen molar-refractivity contribution in [3.05, 3.63) is 42.1 Å². The van der Waals surface area contributed by atoms with Crippen LogP contribution in [0, 0.1) is 6.92 Å². The molecule has 1 aromatic carbocycles. The van der Waals surface area contributed by atoms with Crippen LogP contribution in [0.1, 0.15) is 12.5 Å². The van der Waals surface area contributed by atoms with Crippen LogP contribution in [0.3, 0.4) is 0 Å². The van der Waals surface area contributed by atoms with Gasteiger partial charge in [0.2, 0.25) is 0 Å². The molecule has 0 aliphatic carbocycles. The van der Waals surface area contributed by atoms with Crippen LogP contribution in [-0.2, 0) is 0 Å². The predicted molar refractivity (Wildman–Crippen MR) is 77.0 cm³/mol. The molecule has 2 amide bonds. The van der Waals surface area contributed by atoms with Gasteiger partial charge in [-0.05, 0) is 25.5 Å². The number of anilines is 1. The standard InChI is InChI=1S/C14H18N4O2/c1-10-5-3-4-6-12(10)18-13(7-8-15-18)17-14(20)16-11(2)9-19/h3-8,11,19H,9H2,1-2H3,(H2,16,17,20)/t11-/m0/s1. The highest BCUT2D eigenvalue weighted by atomic mass is 16.3. The van der Waals surface area contributed by atoms with Crippen LogP contribution in [0.2, 0.25) is 0 Å². The zero-order valence-electron chi connectivity index (χ0n) is 11.5. The Kier molecular flexibility index (Phi) is 4.37. The van der Waals surface area contributed by atoms with Crippen molar-refractivity contribution in [1.82, 2.24) is 15.1 Å². The van der Waals surface area contributed by atoms with Crippen LogP contribution >= 0.6 is 0 Å². The average molecular weight is 274 g/mol. The van der Waals surface area contributed by atoms with Gasteiger partial charge in [0.25, 0.3) is 0 Å². The van der Waals surface area contributed by atoms with E-state index in [1.54, 1.807) is 23.9 Å². The third-order valence-corrected chi connectivity index (χ3v) is 2.88. The van der Waals surface area contributed by atoms with Gasteiger partial charge in [0.1, 0.15) is 5.82 Å². The maximum Gasteiger partial charge on any atom is 0.320 e. The third-order valence-electron chi connectivity index (χ3n) is 2.88. The molecule has 1 aromatic heterocycles. The molecule has 0 unspecified atom stereocenters. The van der Waals surface area contributed by atoms with E-state index < -0.39 is 0 Å². The molecule has 2 aromatic rings. The van der Waals surface area contributed by atoms with Crippen molar-refractivity contribution < 1.29 is 9.90 Å². The summed E-state index contributed by atoms with van der Waals surface area (Å²) in [6.45, 7) is 3.59. The number of carbonyl (C=O) groups is 1. The monoisotopic (exact) mass is 274 g/mol. The molecule has 106 valence electrons. The smallest absolute Gasteiger partial charge is 0.320 e. The first-order chi connectivity index (χ1) is 9.61. The van der Waals surface area contributed by atoms with Crippen molar-refractivity contribution >= 4 is 11.8 Å². The summed E-state index contributed by atoms with van der Waals surface area (Å²) < 4.78 is 1.67. The zero-order chi connectivity index (χ0) is 14.5. The fraction of sp³-hybridized carbons (Fsp3) is 0.286. The first-order valence-corrected chi connectivity index (χ1v) is 6.40. The maximum absolute atomic E-state index is 11.8. The molecule has 2 rings (SSSR count). The highest BCUT2D eigenvalue weighted by Gasteiger charge is 2.11. The minimum absolute atomic E-state index is 0.107. The van der Waals surface area contributed by atoms with E-state index in [0.29, 0.717) is 5.82 Å². The summed E-state index contributed by atoms with van der Waals surface area (Å²) in [4.78, 5) is 11.8. The number of amides is 2. The molecule has 0 aliphatic rings. The molecule has 0 spiro atoms. The number of nitrogens with zero attached hydrogens (tertiary/aromatic N) is 2. The van der Waals surface area contributed by atoms with Crippen molar-refractivity contribution in [3.8, 4) is 5.69 Å². The minimum atomic E-state index is -0.373. The molecule has 1 atom stereocenters.